The lowest BCUT2D eigenvalue weighted by Crippen LogP contribution is -2.64. The molecule has 3 nitrogen and oxygen atoms in total. The molecule has 4 rings (SSSR count). The number of allylic oxidation sites excluding steroid dienone is 4. The summed E-state index contributed by atoms with van der Waals surface area (Å²) in [5.41, 5.74) is -4.15. The van der Waals surface area contributed by atoms with Gasteiger partial charge in [0.05, 0.1) is 7.11 Å². The van der Waals surface area contributed by atoms with Gasteiger partial charge in [-0.2, -0.15) is 0 Å². The Morgan fingerprint density at radius 1 is 1.24 bits per heavy atom. The van der Waals surface area contributed by atoms with Gasteiger partial charge >= 0.3 is 0 Å². The van der Waals surface area contributed by atoms with Crippen LogP contribution in [0.3, 0.4) is 0 Å². The summed E-state index contributed by atoms with van der Waals surface area (Å²) in [4.78, 5) is 25.8. The van der Waals surface area contributed by atoms with Crippen molar-refractivity contribution in [1.29, 1.82) is 0 Å². The molecule has 0 aromatic carbocycles. The van der Waals surface area contributed by atoms with Crippen LogP contribution < -0.4 is 0 Å². The van der Waals surface area contributed by atoms with Crippen molar-refractivity contribution in [2.45, 2.75) is 84.5 Å². The van der Waals surface area contributed by atoms with Gasteiger partial charge in [0, 0.05) is 17.8 Å². The highest BCUT2D eigenvalue weighted by Crippen LogP contribution is 2.73. The molecule has 0 bridgehead atoms. The number of hydrogen-bond acceptors (Lipinski definition) is 4. The molecule has 182 valence electrons. The van der Waals surface area contributed by atoms with E-state index in [0.717, 1.165) is 12.8 Å². The predicted octanol–water partition coefficient (Wildman–Crippen LogP) is 6.30. The molecule has 0 amide bonds. The van der Waals surface area contributed by atoms with E-state index in [1.165, 1.54) is 19.3 Å². The third-order valence-electron chi connectivity index (χ3n) is 9.99. The first-order valence-electron chi connectivity index (χ1n) is 12.3. The molecule has 0 heterocycles. The largest absolute Gasteiger partial charge is 0.489 e. The van der Waals surface area contributed by atoms with Crippen LogP contribution in [0.2, 0.25) is 0 Å². The maximum atomic E-state index is 17.2. The third kappa shape index (κ3) is 2.98. The Hall–Kier alpha value is -1.43. The van der Waals surface area contributed by atoms with Crippen molar-refractivity contribution in [2.75, 3.05) is 7.11 Å². The van der Waals surface area contributed by atoms with Crippen LogP contribution in [0.25, 0.3) is 0 Å². The zero-order chi connectivity index (χ0) is 24.4. The fraction of sp³-hybridized carbons (Fsp3) is 0.741. The second-order valence-electron chi connectivity index (χ2n) is 11.2. The van der Waals surface area contributed by atoms with E-state index in [2.05, 4.69) is 6.92 Å². The van der Waals surface area contributed by atoms with E-state index in [1.807, 2.05) is 13.8 Å². The minimum atomic E-state index is -1.68. The number of ketones is 2. The van der Waals surface area contributed by atoms with Crippen LogP contribution in [-0.2, 0) is 14.3 Å². The highest BCUT2D eigenvalue weighted by atomic mass is 32.1. The Labute approximate surface area is 201 Å². The smallest absolute Gasteiger partial charge is 0.178 e. The van der Waals surface area contributed by atoms with Gasteiger partial charge < -0.3 is 4.74 Å². The zero-order valence-electron chi connectivity index (χ0n) is 20.4. The second kappa shape index (κ2) is 8.07. The molecule has 0 radical (unpaired) electrons. The van der Waals surface area contributed by atoms with Gasteiger partial charge in [-0.1, -0.05) is 33.3 Å². The van der Waals surface area contributed by atoms with E-state index >= 15 is 8.78 Å². The van der Waals surface area contributed by atoms with Crippen LogP contribution in [0.15, 0.2) is 23.8 Å². The Morgan fingerprint density at radius 3 is 2.58 bits per heavy atom. The van der Waals surface area contributed by atoms with Crippen molar-refractivity contribution in [3.63, 3.8) is 0 Å². The minimum absolute atomic E-state index is 0.0327. The van der Waals surface area contributed by atoms with Crippen molar-refractivity contribution < 1.29 is 23.1 Å². The lowest BCUT2D eigenvalue weighted by atomic mass is 9.43. The standard InChI is InChI=1S/C27H36F2O3S/c1-6-7-8-22(31)27(23(33)32-5)16(2)13-18-19-15-21(28)20-14-17(30)9-10-24(20,3)26(19,29)12-11-25(18,27)4/h9-10,14,16,18-19,21H,6-8,11-13,15H2,1-5H3/t16-,18+,19+,21+,24+,25+,26-,27+/m1/s1. The molecule has 8 atom stereocenters. The molecule has 0 unspecified atom stereocenters. The number of carbonyl (C=O) groups excluding carboxylic acids is 2. The van der Waals surface area contributed by atoms with Gasteiger partial charge in [-0.25, -0.2) is 8.78 Å². The van der Waals surface area contributed by atoms with Crippen LogP contribution in [0, 0.1) is 34.0 Å². The lowest BCUT2D eigenvalue weighted by molar-refractivity contribution is -0.156. The number of thiocarbonyl (C=S) groups is 1. The number of rotatable bonds is 5. The SMILES string of the molecule is CCCCC(=O)[C@]1(C(=S)OC)[C@H](C)C[C@H]2[C@@H]3C[C@H](F)C4=CC(=O)C=C[C@]4(C)[C@@]3(F)CC[C@@]21C. The molecule has 0 aromatic heterocycles. The Morgan fingerprint density at radius 2 is 1.94 bits per heavy atom. The summed E-state index contributed by atoms with van der Waals surface area (Å²) in [5.74, 6) is -1.07. The third-order valence-corrected chi connectivity index (χ3v) is 10.5. The molecule has 0 spiro atoms. The number of unbranched alkanes of at least 4 members (excludes halogenated alkanes) is 1. The highest BCUT2D eigenvalue weighted by Gasteiger charge is 2.75. The number of ether oxygens (including phenoxy) is 1. The van der Waals surface area contributed by atoms with Gasteiger partial charge in [-0.15, -0.1) is 0 Å². The van der Waals surface area contributed by atoms with E-state index < -0.39 is 34.0 Å². The summed E-state index contributed by atoms with van der Waals surface area (Å²) in [5, 5.41) is 0.301. The number of alkyl halides is 2. The second-order valence-corrected chi connectivity index (χ2v) is 11.6. The average Bonchev–Trinajstić information content (AvgIpc) is 3.02. The number of carbonyl (C=O) groups is 2. The molecule has 0 aliphatic heterocycles. The molecule has 33 heavy (non-hydrogen) atoms. The maximum absolute atomic E-state index is 17.2. The number of fused-ring (bicyclic) bond motifs is 5. The zero-order valence-corrected chi connectivity index (χ0v) is 21.2. The van der Waals surface area contributed by atoms with Gasteiger partial charge in [-0.3, -0.25) is 9.59 Å². The lowest BCUT2D eigenvalue weighted by Gasteiger charge is -2.62. The number of Topliss-reactive ketones (excluding diaryl/α,β-unsaturated/α-hetero) is 1. The summed E-state index contributed by atoms with van der Waals surface area (Å²) in [7, 11) is 1.52. The molecule has 3 saturated carbocycles. The average molecular weight is 479 g/mol. The van der Waals surface area contributed by atoms with Crippen LogP contribution >= 0.6 is 12.2 Å². The Balaban J connectivity index is 1.83. The van der Waals surface area contributed by atoms with E-state index in [-0.39, 0.29) is 41.8 Å². The van der Waals surface area contributed by atoms with Crippen molar-refractivity contribution in [3.8, 4) is 0 Å². The summed E-state index contributed by atoms with van der Waals surface area (Å²) in [6, 6.07) is 0. The molecule has 6 heteroatoms. The molecular formula is C27H36F2O3S. The van der Waals surface area contributed by atoms with Crippen LogP contribution in [0.4, 0.5) is 8.78 Å². The van der Waals surface area contributed by atoms with E-state index in [1.54, 1.807) is 13.0 Å². The molecule has 0 saturated heterocycles. The Bertz CT molecular complexity index is 944. The molecule has 4 aliphatic rings. The molecular weight excluding hydrogens is 442 g/mol. The fourth-order valence-corrected chi connectivity index (χ4v) is 8.83. The van der Waals surface area contributed by atoms with Crippen molar-refractivity contribution in [1.82, 2.24) is 0 Å². The molecule has 3 fully saturated rings. The normalized spacial score (nSPS) is 46.2. The van der Waals surface area contributed by atoms with Gasteiger partial charge in [0.15, 0.2) is 10.8 Å². The summed E-state index contributed by atoms with van der Waals surface area (Å²) < 4.78 is 38.4. The topological polar surface area (TPSA) is 43.4 Å². The van der Waals surface area contributed by atoms with Gasteiger partial charge in [0.1, 0.15) is 23.0 Å². The first-order valence-corrected chi connectivity index (χ1v) is 12.7. The molecule has 0 N–H and O–H groups in total. The minimum Gasteiger partial charge on any atom is -0.489 e. The van der Waals surface area contributed by atoms with Gasteiger partial charge in [-0.05, 0) is 86.2 Å². The summed E-state index contributed by atoms with van der Waals surface area (Å²) in [6.07, 6.45) is 6.28. The van der Waals surface area contributed by atoms with Crippen molar-refractivity contribution >= 4 is 28.8 Å². The summed E-state index contributed by atoms with van der Waals surface area (Å²) >= 11 is 5.73. The first-order chi connectivity index (χ1) is 15.4. The maximum Gasteiger partial charge on any atom is 0.178 e. The van der Waals surface area contributed by atoms with E-state index in [4.69, 9.17) is 17.0 Å². The van der Waals surface area contributed by atoms with Crippen molar-refractivity contribution in [2.24, 2.45) is 34.0 Å². The number of halogens is 2. The van der Waals surface area contributed by atoms with Gasteiger partial charge in [0.2, 0.25) is 0 Å². The van der Waals surface area contributed by atoms with Crippen LogP contribution in [0.1, 0.15) is 72.6 Å². The van der Waals surface area contributed by atoms with Gasteiger partial charge in [0.25, 0.3) is 0 Å². The fourth-order valence-electron chi connectivity index (χ4n) is 8.28. The highest BCUT2D eigenvalue weighted by molar-refractivity contribution is 7.80. The van der Waals surface area contributed by atoms with Crippen LogP contribution in [0.5, 0.6) is 0 Å². The van der Waals surface area contributed by atoms with Crippen molar-refractivity contribution in [3.05, 3.63) is 23.8 Å². The van der Waals surface area contributed by atoms with Crippen LogP contribution in [-0.4, -0.2) is 35.6 Å². The number of hydrogen-bond donors (Lipinski definition) is 0. The monoisotopic (exact) mass is 478 g/mol. The number of methoxy groups -OCH3 is 1. The Kier molecular flexibility index (Phi) is 6.03. The van der Waals surface area contributed by atoms with E-state index in [9.17, 15) is 9.59 Å². The quantitative estimate of drug-likeness (QED) is 0.435. The predicted molar refractivity (Wildman–Crippen MR) is 128 cm³/mol. The van der Waals surface area contributed by atoms with E-state index in [0.29, 0.717) is 24.3 Å². The molecule has 0 aromatic rings. The molecule has 4 aliphatic carbocycles. The summed E-state index contributed by atoms with van der Waals surface area (Å²) in [6.45, 7) is 7.88. The first kappa shape index (κ1) is 24.7.